The SMILES string of the molecule is O=C1C2CC2(c2ccccc2)C(=O)N1Cc1ccccc1. The second-order valence-corrected chi connectivity index (χ2v) is 5.81. The van der Waals surface area contributed by atoms with Gasteiger partial charge in [-0.15, -0.1) is 0 Å². The first-order valence-electron chi connectivity index (χ1n) is 7.19. The Labute approximate surface area is 123 Å². The molecule has 2 atom stereocenters. The lowest BCUT2D eigenvalue weighted by molar-refractivity contribution is -0.142. The Hall–Kier alpha value is -2.42. The highest BCUT2D eigenvalue weighted by Gasteiger charge is 2.72. The van der Waals surface area contributed by atoms with Crippen LogP contribution in [0.5, 0.6) is 0 Å². The molecular weight excluding hydrogens is 262 g/mol. The number of benzene rings is 2. The molecule has 21 heavy (non-hydrogen) atoms. The molecule has 2 fully saturated rings. The van der Waals surface area contributed by atoms with Gasteiger partial charge in [0.1, 0.15) is 0 Å². The van der Waals surface area contributed by atoms with Crippen LogP contribution in [0, 0.1) is 5.92 Å². The van der Waals surface area contributed by atoms with Crippen LogP contribution < -0.4 is 0 Å². The molecule has 0 aromatic heterocycles. The third-order valence-electron chi connectivity index (χ3n) is 4.62. The molecule has 2 amide bonds. The van der Waals surface area contributed by atoms with Gasteiger partial charge in [-0.2, -0.15) is 0 Å². The minimum absolute atomic E-state index is 0.0206. The standard InChI is InChI=1S/C18H15NO2/c20-16-15-11-18(15,14-9-5-2-6-10-14)17(21)19(16)12-13-7-3-1-4-8-13/h1-10,15H,11-12H2. The van der Waals surface area contributed by atoms with E-state index >= 15 is 0 Å². The summed E-state index contributed by atoms with van der Waals surface area (Å²) in [5, 5.41) is 0. The number of hydrogen-bond acceptors (Lipinski definition) is 2. The van der Waals surface area contributed by atoms with Gasteiger partial charge in [0, 0.05) is 0 Å². The van der Waals surface area contributed by atoms with Crippen LogP contribution in [0.4, 0.5) is 0 Å². The van der Waals surface area contributed by atoms with Crippen molar-refractivity contribution in [3.63, 3.8) is 0 Å². The monoisotopic (exact) mass is 277 g/mol. The smallest absolute Gasteiger partial charge is 0.240 e. The Morgan fingerprint density at radius 1 is 0.952 bits per heavy atom. The Bertz CT molecular complexity index is 711. The Morgan fingerprint density at radius 3 is 2.24 bits per heavy atom. The number of piperidine rings is 1. The fourth-order valence-electron chi connectivity index (χ4n) is 3.42. The highest BCUT2D eigenvalue weighted by Crippen LogP contribution is 2.60. The molecular formula is C18H15NO2. The van der Waals surface area contributed by atoms with E-state index in [-0.39, 0.29) is 17.7 Å². The zero-order valence-corrected chi connectivity index (χ0v) is 11.5. The zero-order valence-electron chi connectivity index (χ0n) is 11.5. The van der Waals surface area contributed by atoms with Gasteiger partial charge in [-0.25, -0.2) is 0 Å². The summed E-state index contributed by atoms with van der Waals surface area (Å²) in [4.78, 5) is 26.7. The van der Waals surface area contributed by atoms with E-state index in [1.165, 1.54) is 4.90 Å². The van der Waals surface area contributed by atoms with Crippen LogP contribution in [0.15, 0.2) is 60.7 Å². The minimum atomic E-state index is -0.576. The number of carbonyl (C=O) groups is 2. The van der Waals surface area contributed by atoms with E-state index in [1.807, 2.05) is 60.7 Å². The average molecular weight is 277 g/mol. The van der Waals surface area contributed by atoms with E-state index in [9.17, 15) is 9.59 Å². The summed E-state index contributed by atoms with van der Waals surface area (Å²) >= 11 is 0. The maximum Gasteiger partial charge on any atom is 0.240 e. The topological polar surface area (TPSA) is 37.4 Å². The third kappa shape index (κ3) is 1.67. The van der Waals surface area contributed by atoms with Crippen molar-refractivity contribution in [2.24, 2.45) is 5.92 Å². The molecule has 0 N–H and O–H groups in total. The number of hydrogen-bond donors (Lipinski definition) is 0. The molecule has 2 aromatic rings. The maximum atomic E-state index is 12.8. The number of imide groups is 1. The van der Waals surface area contributed by atoms with Crippen LogP contribution in [-0.2, 0) is 21.5 Å². The van der Waals surface area contributed by atoms with E-state index in [1.54, 1.807) is 0 Å². The van der Waals surface area contributed by atoms with Gasteiger partial charge >= 0.3 is 0 Å². The van der Waals surface area contributed by atoms with Crippen molar-refractivity contribution in [3.05, 3.63) is 71.8 Å². The molecule has 1 aliphatic heterocycles. The van der Waals surface area contributed by atoms with Crippen LogP contribution in [0.3, 0.4) is 0 Å². The first-order chi connectivity index (χ1) is 10.2. The Morgan fingerprint density at radius 2 is 1.57 bits per heavy atom. The molecule has 3 heteroatoms. The van der Waals surface area contributed by atoms with Crippen molar-refractivity contribution in [2.75, 3.05) is 0 Å². The average Bonchev–Trinajstić information content (AvgIpc) is 3.26. The van der Waals surface area contributed by atoms with Gasteiger partial charge in [-0.3, -0.25) is 14.5 Å². The zero-order chi connectivity index (χ0) is 14.4. The number of amides is 2. The predicted octanol–water partition coefficient (Wildman–Crippen LogP) is 2.51. The summed E-state index contributed by atoms with van der Waals surface area (Å²) in [6.07, 6.45) is 0.667. The Kier molecular flexibility index (Phi) is 2.52. The number of nitrogens with zero attached hydrogens (tertiary/aromatic N) is 1. The molecule has 2 aliphatic rings. The molecule has 0 spiro atoms. The van der Waals surface area contributed by atoms with Gasteiger partial charge in [0.15, 0.2) is 0 Å². The van der Waals surface area contributed by atoms with Crippen molar-refractivity contribution in [2.45, 2.75) is 18.4 Å². The quantitative estimate of drug-likeness (QED) is 0.808. The number of fused-ring (bicyclic) bond motifs is 1. The van der Waals surface area contributed by atoms with Crippen LogP contribution >= 0.6 is 0 Å². The van der Waals surface area contributed by atoms with E-state index in [4.69, 9.17) is 0 Å². The van der Waals surface area contributed by atoms with E-state index in [0.717, 1.165) is 11.1 Å². The van der Waals surface area contributed by atoms with Crippen molar-refractivity contribution in [3.8, 4) is 0 Å². The van der Waals surface area contributed by atoms with E-state index in [2.05, 4.69) is 0 Å². The summed E-state index contributed by atoms with van der Waals surface area (Å²) in [6, 6.07) is 19.4. The van der Waals surface area contributed by atoms with Gasteiger partial charge in [0.25, 0.3) is 0 Å². The number of rotatable bonds is 3. The van der Waals surface area contributed by atoms with Crippen molar-refractivity contribution < 1.29 is 9.59 Å². The van der Waals surface area contributed by atoms with Gasteiger partial charge in [0.05, 0.1) is 17.9 Å². The summed E-state index contributed by atoms with van der Waals surface area (Å²) in [6.45, 7) is 0.379. The van der Waals surface area contributed by atoms with Crippen LogP contribution in [0.25, 0.3) is 0 Å². The van der Waals surface area contributed by atoms with Gasteiger partial charge in [-0.05, 0) is 17.5 Å². The molecule has 2 unspecified atom stereocenters. The lowest BCUT2D eigenvalue weighted by atomic mass is 9.94. The van der Waals surface area contributed by atoms with E-state index in [0.29, 0.717) is 13.0 Å². The molecule has 1 heterocycles. The molecule has 2 aromatic carbocycles. The molecule has 1 aliphatic carbocycles. The summed E-state index contributed by atoms with van der Waals surface area (Å²) in [5.74, 6) is -0.212. The van der Waals surface area contributed by atoms with Crippen LogP contribution in [-0.4, -0.2) is 16.7 Å². The maximum absolute atomic E-state index is 12.8. The molecule has 0 radical (unpaired) electrons. The lowest BCUT2D eigenvalue weighted by Crippen LogP contribution is -2.35. The second-order valence-electron chi connectivity index (χ2n) is 5.81. The first kappa shape index (κ1) is 12.3. The fraction of sp³-hybridized carbons (Fsp3) is 0.222. The normalized spacial score (nSPS) is 26.9. The lowest BCUT2D eigenvalue weighted by Gasteiger charge is -2.19. The summed E-state index contributed by atoms with van der Waals surface area (Å²) < 4.78 is 0. The minimum Gasteiger partial charge on any atom is -0.277 e. The van der Waals surface area contributed by atoms with Gasteiger partial charge < -0.3 is 0 Å². The fourth-order valence-corrected chi connectivity index (χ4v) is 3.42. The highest BCUT2D eigenvalue weighted by atomic mass is 16.2. The first-order valence-corrected chi connectivity index (χ1v) is 7.19. The molecule has 4 rings (SSSR count). The van der Waals surface area contributed by atoms with Gasteiger partial charge in [0.2, 0.25) is 11.8 Å². The van der Waals surface area contributed by atoms with E-state index < -0.39 is 5.41 Å². The third-order valence-corrected chi connectivity index (χ3v) is 4.62. The molecule has 3 nitrogen and oxygen atoms in total. The number of carbonyl (C=O) groups excluding carboxylic acids is 2. The molecule has 1 saturated heterocycles. The van der Waals surface area contributed by atoms with Crippen LogP contribution in [0.2, 0.25) is 0 Å². The largest absolute Gasteiger partial charge is 0.277 e. The summed E-state index contributed by atoms with van der Waals surface area (Å²) in [5.41, 5.74) is 1.39. The second kappa shape index (κ2) is 4.29. The van der Waals surface area contributed by atoms with Crippen molar-refractivity contribution >= 4 is 11.8 Å². The molecule has 1 saturated carbocycles. The molecule has 0 bridgehead atoms. The van der Waals surface area contributed by atoms with Gasteiger partial charge in [-0.1, -0.05) is 60.7 Å². The number of likely N-dealkylation sites (tertiary alicyclic amines) is 1. The van der Waals surface area contributed by atoms with Crippen molar-refractivity contribution in [1.29, 1.82) is 0 Å². The highest BCUT2D eigenvalue weighted by molar-refractivity contribution is 6.14. The predicted molar refractivity (Wildman–Crippen MR) is 78.2 cm³/mol. The van der Waals surface area contributed by atoms with Crippen LogP contribution in [0.1, 0.15) is 17.5 Å². The Balaban J connectivity index is 1.65. The van der Waals surface area contributed by atoms with Crippen molar-refractivity contribution in [1.82, 2.24) is 4.90 Å². The summed E-state index contributed by atoms with van der Waals surface area (Å²) in [7, 11) is 0. The molecule has 104 valence electrons.